The van der Waals surface area contributed by atoms with Gasteiger partial charge in [0.1, 0.15) is 5.52 Å². The van der Waals surface area contributed by atoms with Gasteiger partial charge >= 0.3 is 0 Å². The monoisotopic (exact) mass is 474 g/mol. The van der Waals surface area contributed by atoms with Crippen LogP contribution >= 0.6 is 0 Å². The first-order chi connectivity index (χ1) is 16.4. The maximum atomic E-state index is 15.1. The zero-order valence-corrected chi connectivity index (χ0v) is 18.2. The zero-order chi connectivity index (χ0) is 23.4. The molecule has 0 spiro atoms. The number of aromatic nitrogens is 6. The minimum Gasteiger partial charge on any atom is -0.479 e. The number of piperidine rings is 1. The quantitative estimate of drug-likeness (QED) is 0.470. The van der Waals surface area contributed by atoms with E-state index in [1.807, 2.05) is 0 Å². The van der Waals surface area contributed by atoms with E-state index in [9.17, 15) is 8.78 Å². The topological polar surface area (TPSA) is 94.1 Å². The van der Waals surface area contributed by atoms with Crippen LogP contribution in [0.5, 0.6) is 5.88 Å². The lowest BCUT2D eigenvalue weighted by Crippen LogP contribution is -2.61. The summed E-state index contributed by atoms with van der Waals surface area (Å²) < 4.78 is 58.3. The molecule has 6 rings (SSSR count). The van der Waals surface area contributed by atoms with Crippen molar-refractivity contribution in [2.24, 2.45) is 0 Å². The fraction of sp³-hybridized carbons (Fsp3) is 0.429. The molecule has 13 heteroatoms. The summed E-state index contributed by atoms with van der Waals surface area (Å²) in [5.74, 6) is -3.13. The maximum absolute atomic E-state index is 15.1. The Morgan fingerprint density at radius 1 is 1.24 bits per heavy atom. The van der Waals surface area contributed by atoms with Crippen molar-refractivity contribution < 1.29 is 22.6 Å². The van der Waals surface area contributed by atoms with E-state index in [-0.39, 0.29) is 41.9 Å². The standard InChI is InChI=1S/C21H21F3N8O2/c1-33-18-17-16(12-6-26-20-25-3-5-30(20)7-12)14(22)8-32(17)29-19(28-18)27-15-2-4-31(11-21(15,23)24)13-9-34-10-13/h3,5-8,13,15H,2,4,9-11H2,1H3,(H,27,29)/t15-/m1/s1. The highest BCUT2D eigenvalue weighted by Gasteiger charge is 2.47. The van der Waals surface area contributed by atoms with Crippen LogP contribution in [-0.4, -0.2) is 85.3 Å². The lowest BCUT2D eigenvalue weighted by Gasteiger charge is -2.44. The molecular formula is C21H21F3N8O2. The average Bonchev–Trinajstić information content (AvgIpc) is 3.36. The van der Waals surface area contributed by atoms with Gasteiger partial charge in [0.25, 0.3) is 5.92 Å². The van der Waals surface area contributed by atoms with Gasteiger partial charge in [-0.3, -0.25) is 9.30 Å². The van der Waals surface area contributed by atoms with Crippen molar-refractivity contribution in [1.82, 2.24) is 33.9 Å². The number of methoxy groups -OCH3 is 1. The molecule has 0 bridgehead atoms. The Morgan fingerprint density at radius 2 is 2.09 bits per heavy atom. The second-order valence-corrected chi connectivity index (χ2v) is 8.48. The Morgan fingerprint density at radius 3 is 2.82 bits per heavy atom. The predicted molar refractivity (Wildman–Crippen MR) is 115 cm³/mol. The third kappa shape index (κ3) is 3.42. The molecule has 0 aromatic carbocycles. The molecule has 4 aromatic heterocycles. The number of hydrogen-bond donors (Lipinski definition) is 1. The van der Waals surface area contributed by atoms with Gasteiger partial charge in [0.05, 0.1) is 50.7 Å². The van der Waals surface area contributed by atoms with Crippen molar-refractivity contribution in [3.63, 3.8) is 0 Å². The Hall–Kier alpha value is -3.45. The minimum absolute atomic E-state index is 0.0387. The number of nitrogens with zero attached hydrogens (tertiary/aromatic N) is 7. The molecule has 0 amide bonds. The molecule has 4 aromatic rings. The van der Waals surface area contributed by atoms with Crippen LogP contribution in [0.3, 0.4) is 0 Å². The van der Waals surface area contributed by atoms with Crippen molar-refractivity contribution >= 4 is 17.2 Å². The second kappa shape index (κ2) is 7.81. The highest BCUT2D eigenvalue weighted by Crippen LogP contribution is 2.35. The van der Waals surface area contributed by atoms with Gasteiger partial charge in [-0.05, 0) is 6.42 Å². The van der Waals surface area contributed by atoms with Crippen LogP contribution in [0.25, 0.3) is 22.4 Å². The molecule has 178 valence electrons. The van der Waals surface area contributed by atoms with E-state index < -0.39 is 17.8 Å². The van der Waals surface area contributed by atoms with Crippen molar-refractivity contribution in [2.75, 3.05) is 38.7 Å². The summed E-state index contributed by atoms with van der Waals surface area (Å²) in [5, 5.41) is 7.00. The minimum atomic E-state index is -3.00. The smallest absolute Gasteiger partial charge is 0.280 e. The molecule has 0 radical (unpaired) electrons. The molecule has 6 heterocycles. The van der Waals surface area contributed by atoms with E-state index in [1.54, 1.807) is 27.9 Å². The predicted octanol–water partition coefficient (Wildman–Crippen LogP) is 2.11. The van der Waals surface area contributed by atoms with Crippen LogP contribution in [0.15, 0.2) is 31.0 Å². The van der Waals surface area contributed by atoms with Crippen LogP contribution in [0.4, 0.5) is 19.1 Å². The fourth-order valence-corrected chi connectivity index (χ4v) is 4.49. The molecule has 2 aliphatic heterocycles. The van der Waals surface area contributed by atoms with Gasteiger partial charge in [0.2, 0.25) is 17.6 Å². The number of rotatable bonds is 5. The molecule has 0 aliphatic carbocycles. The summed E-state index contributed by atoms with van der Waals surface area (Å²) in [5.41, 5.74) is 0.915. The first-order valence-corrected chi connectivity index (χ1v) is 10.8. The van der Waals surface area contributed by atoms with Crippen molar-refractivity contribution in [2.45, 2.75) is 24.4 Å². The molecule has 1 N–H and O–H groups in total. The van der Waals surface area contributed by atoms with Crippen molar-refractivity contribution in [3.05, 3.63) is 36.8 Å². The normalized spacial score (nSPS) is 21.1. The number of imidazole rings is 1. The Labute approximate surface area is 191 Å². The van der Waals surface area contributed by atoms with Gasteiger partial charge in [0, 0.05) is 36.9 Å². The number of anilines is 1. The molecular weight excluding hydrogens is 453 g/mol. The first-order valence-electron chi connectivity index (χ1n) is 10.8. The number of likely N-dealkylation sites (tertiary alicyclic amines) is 1. The van der Waals surface area contributed by atoms with E-state index in [1.165, 1.54) is 17.8 Å². The first kappa shape index (κ1) is 21.1. The Kier molecular flexibility index (Phi) is 4.85. The lowest BCUT2D eigenvalue weighted by molar-refractivity contribution is -0.131. The third-order valence-electron chi connectivity index (χ3n) is 6.35. The number of ether oxygens (including phenoxy) is 2. The molecule has 2 saturated heterocycles. The summed E-state index contributed by atoms with van der Waals surface area (Å²) >= 11 is 0. The van der Waals surface area contributed by atoms with E-state index in [2.05, 4.69) is 25.4 Å². The lowest BCUT2D eigenvalue weighted by atomic mass is 9.98. The summed E-state index contributed by atoms with van der Waals surface area (Å²) in [6.07, 6.45) is 7.82. The number of nitrogens with one attached hydrogen (secondary N) is 1. The number of halogens is 3. The van der Waals surface area contributed by atoms with Gasteiger partial charge in [0.15, 0.2) is 5.82 Å². The van der Waals surface area contributed by atoms with E-state index >= 15 is 4.39 Å². The molecule has 2 aliphatic rings. The highest BCUT2D eigenvalue weighted by molar-refractivity contribution is 5.84. The zero-order valence-electron chi connectivity index (χ0n) is 18.2. The summed E-state index contributed by atoms with van der Waals surface area (Å²) in [6.45, 7) is 1.10. The van der Waals surface area contributed by atoms with Crippen molar-refractivity contribution in [3.8, 4) is 17.0 Å². The van der Waals surface area contributed by atoms with Gasteiger partial charge in [-0.1, -0.05) is 0 Å². The number of alkyl halides is 2. The van der Waals surface area contributed by atoms with Crippen LogP contribution < -0.4 is 10.1 Å². The highest BCUT2D eigenvalue weighted by atomic mass is 19.3. The summed E-state index contributed by atoms with van der Waals surface area (Å²) in [4.78, 5) is 14.3. The van der Waals surface area contributed by atoms with E-state index in [0.29, 0.717) is 31.1 Å². The maximum Gasteiger partial charge on any atom is 0.280 e. The van der Waals surface area contributed by atoms with E-state index in [4.69, 9.17) is 9.47 Å². The van der Waals surface area contributed by atoms with Gasteiger partial charge in [-0.15, -0.1) is 5.10 Å². The molecule has 2 fully saturated rings. The number of fused-ring (bicyclic) bond motifs is 2. The third-order valence-corrected chi connectivity index (χ3v) is 6.35. The SMILES string of the molecule is COc1nc(N[C@@H]2CCN(C3COC3)CC2(F)F)nn2cc(F)c(-c3cnc4nccn4c3)c12. The molecule has 34 heavy (non-hydrogen) atoms. The second-order valence-electron chi connectivity index (χ2n) is 8.48. The van der Waals surface area contributed by atoms with Gasteiger partial charge in [-0.2, -0.15) is 4.98 Å². The number of hydrogen-bond acceptors (Lipinski definition) is 8. The average molecular weight is 474 g/mol. The van der Waals surface area contributed by atoms with Crippen LogP contribution in [-0.2, 0) is 4.74 Å². The molecule has 10 nitrogen and oxygen atoms in total. The van der Waals surface area contributed by atoms with Gasteiger partial charge in [-0.25, -0.2) is 27.7 Å². The Bertz CT molecular complexity index is 1370. The van der Waals surface area contributed by atoms with E-state index in [0.717, 1.165) is 6.20 Å². The largest absolute Gasteiger partial charge is 0.479 e. The molecule has 0 unspecified atom stereocenters. The Balaban J connectivity index is 1.33. The molecule has 0 saturated carbocycles. The summed E-state index contributed by atoms with van der Waals surface area (Å²) in [6, 6.07) is -1.13. The van der Waals surface area contributed by atoms with Crippen LogP contribution in [0.1, 0.15) is 6.42 Å². The fourth-order valence-electron chi connectivity index (χ4n) is 4.49. The van der Waals surface area contributed by atoms with Crippen LogP contribution in [0, 0.1) is 5.82 Å². The van der Waals surface area contributed by atoms with Gasteiger partial charge < -0.3 is 14.8 Å². The summed E-state index contributed by atoms with van der Waals surface area (Å²) in [7, 11) is 1.38. The van der Waals surface area contributed by atoms with Crippen molar-refractivity contribution in [1.29, 1.82) is 0 Å². The molecule has 1 atom stereocenters. The van der Waals surface area contributed by atoms with Crippen LogP contribution in [0.2, 0.25) is 0 Å².